The van der Waals surface area contributed by atoms with E-state index in [1.54, 1.807) is 25.4 Å². The SMILES string of the molecule is COc1ccc(C(NC(=O)c2cccnc2OC)C(C)C)cc1. The van der Waals surface area contributed by atoms with E-state index in [1.165, 1.54) is 7.11 Å². The van der Waals surface area contributed by atoms with Gasteiger partial charge in [-0.25, -0.2) is 4.98 Å². The van der Waals surface area contributed by atoms with E-state index in [0.29, 0.717) is 11.4 Å². The minimum Gasteiger partial charge on any atom is -0.497 e. The van der Waals surface area contributed by atoms with Crippen molar-refractivity contribution in [3.05, 3.63) is 53.7 Å². The second kappa shape index (κ2) is 7.63. The van der Waals surface area contributed by atoms with Crippen molar-refractivity contribution in [2.24, 2.45) is 5.92 Å². The van der Waals surface area contributed by atoms with Crippen molar-refractivity contribution in [2.45, 2.75) is 19.9 Å². The Morgan fingerprint density at radius 1 is 1.09 bits per heavy atom. The van der Waals surface area contributed by atoms with Crippen LogP contribution in [0.3, 0.4) is 0 Å². The smallest absolute Gasteiger partial charge is 0.257 e. The van der Waals surface area contributed by atoms with Crippen LogP contribution < -0.4 is 14.8 Å². The predicted octanol–water partition coefficient (Wildman–Crippen LogP) is 3.23. The van der Waals surface area contributed by atoms with Crippen molar-refractivity contribution in [2.75, 3.05) is 14.2 Å². The third-order valence-electron chi connectivity index (χ3n) is 3.64. The summed E-state index contributed by atoms with van der Waals surface area (Å²) in [6.07, 6.45) is 1.60. The summed E-state index contributed by atoms with van der Waals surface area (Å²) < 4.78 is 10.3. The summed E-state index contributed by atoms with van der Waals surface area (Å²) in [5.41, 5.74) is 1.45. The number of carbonyl (C=O) groups excluding carboxylic acids is 1. The predicted molar refractivity (Wildman–Crippen MR) is 88.8 cm³/mol. The number of benzene rings is 1. The topological polar surface area (TPSA) is 60.5 Å². The lowest BCUT2D eigenvalue weighted by molar-refractivity contribution is 0.0921. The first-order valence-electron chi connectivity index (χ1n) is 7.50. The quantitative estimate of drug-likeness (QED) is 0.889. The molecule has 1 aromatic carbocycles. The summed E-state index contributed by atoms with van der Waals surface area (Å²) >= 11 is 0. The molecule has 0 radical (unpaired) electrons. The standard InChI is InChI=1S/C18H22N2O3/c1-12(2)16(13-7-9-14(22-3)10-8-13)20-17(21)15-6-5-11-19-18(15)23-4/h5-12,16H,1-4H3,(H,20,21). The van der Waals surface area contributed by atoms with E-state index in [2.05, 4.69) is 24.1 Å². The first-order chi connectivity index (χ1) is 11.1. The van der Waals surface area contributed by atoms with Crippen LogP contribution in [0.4, 0.5) is 0 Å². The molecule has 0 saturated carbocycles. The van der Waals surface area contributed by atoms with Gasteiger partial charge in [0.05, 0.1) is 20.3 Å². The first kappa shape index (κ1) is 16.8. The Morgan fingerprint density at radius 2 is 1.78 bits per heavy atom. The van der Waals surface area contributed by atoms with Crippen molar-refractivity contribution in [3.8, 4) is 11.6 Å². The Balaban J connectivity index is 2.23. The van der Waals surface area contributed by atoms with Crippen molar-refractivity contribution >= 4 is 5.91 Å². The molecule has 0 aliphatic rings. The second-order valence-corrected chi connectivity index (χ2v) is 5.53. The second-order valence-electron chi connectivity index (χ2n) is 5.53. The molecular weight excluding hydrogens is 292 g/mol. The zero-order valence-electron chi connectivity index (χ0n) is 13.9. The van der Waals surface area contributed by atoms with Crippen LogP contribution in [0.1, 0.15) is 35.8 Å². The largest absolute Gasteiger partial charge is 0.497 e. The van der Waals surface area contributed by atoms with Gasteiger partial charge < -0.3 is 14.8 Å². The van der Waals surface area contributed by atoms with Crippen LogP contribution in [0, 0.1) is 5.92 Å². The van der Waals surface area contributed by atoms with Crippen LogP contribution in [-0.2, 0) is 0 Å². The van der Waals surface area contributed by atoms with Gasteiger partial charge in [0.1, 0.15) is 11.3 Å². The number of hydrogen-bond acceptors (Lipinski definition) is 4. The van der Waals surface area contributed by atoms with Crippen molar-refractivity contribution in [1.29, 1.82) is 0 Å². The Bertz CT molecular complexity index is 654. The van der Waals surface area contributed by atoms with E-state index < -0.39 is 0 Å². The molecule has 5 nitrogen and oxygen atoms in total. The molecule has 122 valence electrons. The van der Waals surface area contributed by atoms with Gasteiger partial charge in [-0.05, 0) is 35.7 Å². The van der Waals surface area contributed by atoms with Crippen LogP contribution in [0.15, 0.2) is 42.6 Å². The molecule has 0 spiro atoms. The average Bonchev–Trinajstić information content (AvgIpc) is 2.59. The van der Waals surface area contributed by atoms with Crippen LogP contribution in [0.5, 0.6) is 11.6 Å². The van der Waals surface area contributed by atoms with Gasteiger partial charge in [0.2, 0.25) is 5.88 Å². The van der Waals surface area contributed by atoms with Gasteiger partial charge in [0.25, 0.3) is 5.91 Å². The summed E-state index contributed by atoms with van der Waals surface area (Å²) in [4.78, 5) is 16.6. The Labute approximate surface area is 136 Å². The van der Waals surface area contributed by atoms with E-state index in [9.17, 15) is 4.79 Å². The van der Waals surface area contributed by atoms with Gasteiger partial charge in [0.15, 0.2) is 0 Å². The maximum absolute atomic E-state index is 12.6. The zero-order chi connectivity index (χ0) is 16.8. The monoisotopic (exact) mass is 314 g/mol. The normalized spacial score (nSPS) is 11.9. The van der Waals surface area contributed by atoms with Crippen LogP contribution in [-0.4, -0.2) is 25.1 Å². The van der Waals surface area contributed by atoms with Gasteiger partial charge in [-0.1, -0.05) is 26.0 Å². The molecular formula is C18H22N2O3. The maximum atomic E-state index is 12.6. The third kappa shape index (κ3) is 4.00. The lowest BCUT2D eigenvalue weighted by Crippen LogP contribution is -2.32. The Hall–Kier alpha value is -2.56. The number of pyridine rings is 1. The molecule has 1 amide bonds. The molecule has 0 bridgehead atoms. The summed E-state index contributed by atoms with van der Waals surface area (Å²) in [5.74, 6) is 1.14. The number of nitrogens with one attached hydrogen (secondary N) is 1. The number of carbonyl (C=O) groups is 1. The molecule has 2 rings (SSSR count). The summed E-state index contributed by atoms with van der Waals surface area (Å²) in [5, 5.41) is 3.06. The fourth-order valence-corrected chi connectivity index (χ4v) is 2.39. The molecule has 0 aliphatic heterocycles. The number of amides is 1. The highest BCUT2D eigenvalue weighted by Crippen LogP contribution is 2.25. The van der Waals surface area contributed by atoms with E-state index in [4.69, 9.17) is 9.47 Å². The van der Waals surface area contributed by atoms with Gasteiger partial charge >= 0.3 is 0 Å². The Kier molecular flexibility index (Phi) is 5.57. The van der Waals surface area contributed by atoms with Crippen LogP contribution >= 0.6 is 0 Å². The highest BCUT2D eigenvalue weighted by atomic mass is 16.5. The van der Waals surface area contributed by atoms with Crippen LogP contribution in [0.2, 0.25) is 0 Å². The van der Waals surface area contributed by atoms with Gasteiger partial charge in [-0.3, -0.25) is 4.79 Å². The molecule has 1 N–H and O–H groups in total. The van der Waals surface area contributed by atoms with Crippen LogP contribution in [0.25, 0.3) is 0 Å². The number of ether oxygens (including phenoxy) is 2. The average molecular weight is 314 g/mol. The fraction of sp³-hybridized carbons (Fsp3) is 0.333. The number of nitrogens with zero attached hydrogens (tertiary/aromatic N) is 1. The van der Waals surface area contributed by atoms with Crippen molar-refractivity contribution < 1.29 is 14.3 Å². The zero-order valence-corrected chi connectivity index (χ0v) is 13.9. The van der Waals surface area contributed by atoms with E-state index in [-0.39, 0.29) is 17.9 Å². The van der Waals surface area contributed by atoms with Gasteiger partial charge in [-0.15, -0.1) is 0 Å². The van der Waals surface area contributed by atoms with Gasteiger partial charge in [0, 0.05) is 6.20 Å². The van der Waals surface area contributed by atoms with E-state index in [1.807, 2.05) is 24.3 Å². The molecule has 1 aromatic heterocycles. The van der Waals surface area contributed by atoms with E-state index >= 15 is 0 Å². The molecule has 0 saturated heterocycles. The van der Waals surface area contributed by atoms with Crippen molar-refractivity contribution in [1.82, 2.24) is 10.3 Å². The fourth-order valence-electron chi connectivity index (χ4n) is 2.39. The molecule has 0 fully saturated rings. The Morgan fingerprint density at radius 3 is 2.35 bits per heavy atom. The molecule has 1 atom stereocenters. The first-order valence-corrected chi connectivity index (χ1v) is 7.50. The summed E-state index contributed by atoms with van der Waals surface area (Å²) in [6, 6.07) is 11.0. The number of hydrogen-bond donors (Lipinski definition) is 1. The summed E-state index contributed by atoms with van der Waals surface area (Å²) in [7, 11) is 3.13. The summed E-state index contributed by atoms with van der Waals surface area (Å²) in [6.45, 7) is 4.13. The van der Waals surface area contributed by atoms with Gasteiger partial charge in [-0.2, -0.15) is 0 Å². The molecule has 23 heavy (non-hydrogen) atoms. The minimum atomic E-state index is -0.204. The number of aromatic nitrogens is 1. The minimum absolute atomic E-state index is 0.113. The highest BCUT2D eigenvalue weighted by Gasteiger charge is 2.21. The molecule has 5 heteroatoms. The lowest BCUT2D eigenvalue weighted by Gasteiger charge is -2.23. The molecule has 1 unspecified atom stereocenters. The lowest BCUT2D eigenvalue weighted by atomic mass is 9.95. The third-order valence-corrected chi connectivity index (χ3v) is 3.64. The molecule has 0 aliphatic carbocycles. The number of rotatable bonds is 6. The molecule has 1 heterocycles. The molecule has 2 aromatic rings. The highest BCUT2D eigenvalue weighted by molar-refractivity contribution is 5.96. The van der Waals surface area contributed by atoms with Crippen molar-refractivity contribution in [3.63, 3.8) is 0 Å². The maximum Gasteiger partial charge on any atom is 0.257 e. The number of methoxy groups -OCH3 is 2. The van der Waals surface area contributed by atoms with E-state index in [0.717, 1.165) is 11.3 Å².